The second-order valence-corrected chi connectivity index (χ2v) is 6.73. The Morgan fingerprint density at radius 2 is 1.83 bits per heavy atom. The summed E-state index contributed by atoms with van der Waals surface area (Å²) in [6.07, 6.45) is 6.30. The number of hydrogen-bond acceptors (Lipinski definition) is 5. The minimum Gasteiger partial charge on any atom is -0.460 e. The van der Waals surface area contributed by atoms with E-state index in [4.69, 9.17) is 14.2 Å². The number of esters is 1. The third-order valence-corrected chi connectivity index (χ3v) is 4.92. The molecule has 5 nitrogen and oxygen atoms in total. The Hall–Kier alpha value is -1.75. The first-order valence-electron chi connectivity index (χ1n) is 8.92. The van der Waals surface area contributed by atoms with E-state index in [1.807, 2.05) is 6.07 Å². The molecule has 24 heavy (non-hydrogen) atoms. The van der Waals surface area contributed by atoms with Gasteiger partial charge < -0.3 is 19.3 Å². The van der Waals surface area contributed by atoms with Crippen molar-refractivity contribution in [3.8, 4) is 11.5 Å². The first kappa shape index (κ1) is 17.1. The molecule has 3 rings (SSSR count). The molecule has 0 aromatic heterocycles. The van der Waals surface area contributed by atoms with Crippen LogP contribution in [0.3, 0.4) is 0 Å². The van der Waals surface area contributed by atoms with E-state index >= 15 is 0 Å². The van der Waals surface area contributed by atoms with E-state index in [1.54, 1.807) is 6.92 Å². The highest BCUT2D eigenvalue weighted by Gasteiger charge is 2.40. The minimum atomic E-state index is -0.636. The molecule has 2 heterocycles. The maximum atomic E-state index is 11.6. The summed E-state index contributed by atoms with van der Waals surface area (Å²) in [7, 11) is 0. The summed E-state index contributed by atoms with van der Waals surface area (Å²) >= 11 is 0. The molecule has 1 aromatic rings. The summed E-state index contributed by atoms with van der Waals surface area (Å²) in [5.41, 5.74) is 1.28. The Balaban J connectivity index is 1.27. The molecule has 1 saturated heterocycles. The van der Waals surface area contributed by atoms with Gasteiger partial charge in [0.05, 0.1) is 5.92 Å². The quantitative estimate of drug-likeness (QED) is 0.584. The molecule has 1 aromatic carbocycles. The number of unbranched alkanes of at least 4 members (excludes halogenated alkanes) is 4. The second-order valence-electron chi connectivity index (χ2n) is 6.73. The van der Waals surface area contributed by atoms with Crippen LogP contribution in [0.4, 0.5) is 0 Å². The highest BCUT2D eigenvalue weighted by molar-refractivity contribution is 5.75. The fraction of sp³-hybridized carbons (Fsp3) is 0.632. The molecular weight excluding hydrogens is 308 g/mol. The fourth-order valence-corrected chi connectivity index (χ4v) is 3.42. The van der Waals surface area contributed by atoms with Crippen LogP contribution in [0.5, 0.6) is 11.5 Å². The van der Waals surface area contributed by atoms with Crippen molar-refractivity contribution in [2.75, 3.05) is 6.79 Å². The molecule has 2 aliphatic rings. The van der Waals surface area contributed by atoms with Crippen LogP contribution in [-0.2, 0) is 16.0 Å². The Labute approximate surface area is 142 Å². The number of fused-ring (bicyclic) bond motifs is 1. The average molecular weight is 334 g/mol. The highest BCUT2D eigenvalue weighted by atomic mass is 16.7. The Bertz CT molecular complexity index is 571. The van der Waals surface area contributed by atoms with Gasteiger partial charge in [0.1, 0.15) is 12.2 Å². The number of carbonyl (C=O) groups is 1. The van der Waals surface area contributed by atoms with Crippen molar-refractivity contribution in [3.05, 3.63) is 23.8 Å². The number of aliphatic hydroxyl groups excluding tert-OH is 1. The molecule has 0 unspecified atom stereocenters. The van der Waals surface area contributed by atoms with Crippen molar-refractivity contribution in [2.24, 2.45) is 5.92 Å². The molecule has 5 heteroatoms. The number of ether oxygens (including phenoxy) is 3. The third-order valence-electron chi connectivity index (χ3n) is 4.92. The zero-order valence-electron chi connectivity index (χ0n) is 14.2. The average Bonchev–Trinajstić information content (AvgIpc) is 3.12. The predicted molar refractivity (Wildman–Crippen MR) is 89.0 cm³/mol. The summed E-state index contributed by atoms with van der Waals surface area (Å²) < 4.78 is 15.8. The molecule has 0 aliphatic carbocycles. The van der Waals surface area contributed by atoms with E-state index < -0.39 is 6.10 Å². The van der Waals surface area contributed by atoms with Crippen LogP contribution in [0.25, 0.3) is 0 Å². The number of aryl methyl sites for hydroxylation is 1. The van der Waals surface area contributed by atoms with E-state index in [1.165, 1.54) is 12.0 Å². The normalized spacial score (nSPS) is 25.1. The third kappa shape index (κ3) is 4.01. The molecule has 3 atom stereocenters. The molecule has 0 radical (unpaired) electrons. The van der Waals surface area contributed by atoms with Gasteiger partial charge in [0.2, 0.25) is 6.79 Å². The van der Waals surface area contributed by atoms with Gasteiger partial charge in [0, 0.05) is 0 Å². The Morgan fingerprint density at radius 1 is 1.08 bits per heavy atom. The van der Waals surface area contributed by atoms with E-state index in [9.17, 15) is 9.90 Å². The van der Waals surface area contributed by atoms with Gasteiger partial charge in [-0.1, -0.05) is 31.7 Å². The van der Waals surface area contributed by atoms with Crippen LogP contribution in [0.1, 0.15) is 51.0 Å². The van der Waals surface area contributed by atoms with Gasteiger partial charge in [0.25, 0.3) is 0 Å². The lowest BCUT2D eigenvalue weighted by Gasteiger charge is -2.11. The monoisotopic (exact) mass is 334 g/mol. The van der Waals surface area contributed by atoms with Crippen LogP contribution < -0.4 is 9.47 Å². The maximum Gasteiger partial charge on any atom is 0.312 e. The van der Waals surface area contributed by atoms with Crippen LogP contribution in [-0.4, -0.2) is 30.1 Å². The summed E-state index contributed by atoms with van der Waals surface area (Å²) in [5, 5.41) is 9.90. The molecule has 0 saturated carbocycles. The lowest BCUT2D eigenvalue weighted by molar-refractivity contribution is -0.143. The second kappa shape index (κ2) is 7.88. The first-order chi connectivity index (χ1) is 11.6. The van der Waals surface area contributed by atoms with E-state index in [-0.39, 0.29) is 18.0 Å². The number of aliphatic hydroxyl groups is 1. The van der Waals surface area contributed by atoms with Gasteiger partial charge in [-0.2, -0.15) is 0 Å². The number of hydrogen-bond donors (Lipinski definition) is 1. The van der Waals surface area contributed by atoms with Gasteiger partial charge >= 0.3 is 5.97 Å². The lowest BCUT2D eigenvalue weighted by atomic mass is 9.95. The van der Waals surface area contributed by atoms with Gasteiger partial charge in [-0.25, -0.2) is 0 Å². The van der Waals surface area contributed by atoms with Crippen LogP contribution >= 0.6 is 0 Å². The van der Waals surface area contributed by atoms with Crippen LogP contribution in [0.15, 0.2) is 18.2 Å². The van der Waals surface area contributed by atoms with Gasteiger partial charge in [0.15, 0.2) is 11.5 Å². The van der Waals surface area contributed by atoms with Crippen molar-refractivity contribution in [1.82, 2.24) is 0 Å². The fourth-order valence-electron chi connectivity index (χ4n) is 3.42. The number of rotatable bonds is 8. The number of carbonyl (C=O) groups excluding carboxylic acids is 1. The molecule has 1 N–H and O–H groups in total. The maximum absolute atomic E-state index is 11.6. The number of cyclic esters (lactones) is 1. The summed E-state index contributed by atoms with van der Waals surface area (Å²) in [6.45, 7) is 2.07. The lowest BCUT2D eigenvalue weighted by Crippen LogP contribution is -2.24. The van der Waals surface area contributed by atoms with Gasteiger partial charge in [-0.3, -0.25) is 4.79 Å². The van der Waals surface area contributed by atoms with Crippen molar-refractivity contribution < 1.29 is 24.1 Å². The summed E-state index contributed by atoms with van der Waals surface area (Å²) in [6, 6.07) is 6.14. The molecule has 0 amide bonds. The Kier molecular flexibility index (Phi) is 5.61. The van der Waals surface area contributed by atoms with Crippen LogP contribution in [0, 0.1) is 5.92 Å². The summed E-state index contributed by atoms with van der Waals surface area (Å²) in [5.74, 6) is 1.12. The Morgan fingerprint density at radius 3 is 2.62 bits per heavy atom. The summed E-state index contributed by atoms with van der Waals surface area (Å²) in [4.78, 5) is 11.6. The van der Waals surface area contributed by atoms with E-state index in [0.717, 1.165) is 50.0 Å². The van der Waals surface area contributed by atoms with Crippen molar-refractivity contribution in [2.45, 2.75) is 64.1 Å². The molecular formula is C19H26O5. The van der Waals surface area contributed by atoms with E-state index in [2.05, 4.69) is 12.1 Å². The van der Waals surface area contributed by atoms with Crippen molar-refractivity contribution >= 4 is 5.97 Å². The zero-order valence-corrected chi connectivity index (χ0v) is 14.2. The standard InChI is InChI=1S/C19H26O5/c1-13-18(20)15(19(21)24-13)8-6-4-2-3-5-7-14-9-10-16-17(11-14)23-12-22-16/h9-11,13,15,18,20H,2-8,12H2,1H3/t13-,15-,18+/m0/s1. The van der Waals surface area contributed by atoms with Crippen molar-refractivity contribution in [1.29, 1.82) is 0 Å². The molecule has 2 aliphatic heterocycles. The van der Waals surface area contributed by atoms with Crippen molar-refractivity contribution in [3.63, 3.8) is 0 Å². The van der Waals surface area contributed by atoms with E-state index in [0.29, 0.717) is 6.79 Å². The van der Waals surface area contributed by atoms with Crippen LogP contribution in [0.2, 0.25) is 0 Å². The molecule has 1 fully saturated rings. The topological polar surface area (TPSA) is 65.0 Å². The molecule has 0 spiro atoms. The first-order valence-corrected chi connectivity index (χ1v) is 8.92. The zero-order chi connectivity index (χ0) is 16.9. The smallest absolute Gasteiger partial charge is 0.312 e. The SMILES string of the molecule is C[C@@H]1OC(=O)[C@@H](CCCCCCCc2ccc3c(c2)OCO3)[C@@H]1O. The largest absolute Gasteiger partial charge is 0.460 e. The highest BCUT2D eigenvalue weighted by Crippen LogP contribution is 2.33. The minimum absolute atomic E-state index is 0.238. The van der Waals surface area contributed by atoms with Gasteiger partial charge in [-0.15, -0.1) is 0 Å². The van der Waals surface area contributed by atoms with Gasteiger partial charge in [-0.05, 0) is 43.9 Å². The number of benzene rings is 1. The molecule has 0 bridgehead atoms. The molecule has 132 valence electrons. The predicted octanol–water partition coefficient (Wildman–Crippen LogP) is 3.22.